The van der Waals surface area contributed by atoms with E-state index in [2.05, 4.69) is 10.6 Å². The molecule has 7 heteroatoms. The van der Waals surface area contributed by atoms with Crippen LogP contribution in [0.4, 0.5) is 16.2 Å². The SMILES string of the molecule is Cc1ccc(NC(=O)Nc2cccc(-c3cccc(S(=O)(=O)O)c3C)c2)cc1. The molecule has 2 amide bonds. The van der Waals surface area contributed by atoms with E-state index >= 15 is 0 Å². The number of hydrogen-bond donors (Lipinski definition) is 3. The summed E-state index contributed by atoms with van der Waals surface area (Å²) in [6.45, 7) is 3.59. The summed E-state index contributed by atoms with van der Waals surface area (Å²) in [7, 11) is -4.31. The molecule has 3 rings (SSSR count). The van der Waals surface area contributed by atoms with E-state index in [-0.39, 0.29) is 10.9 Å². The predicted molar refractivity (Wildman–Crippen MR) is 110 cm³/mol. The van der Waals surface area contributed by atoms with E-state index in [1.165, 1.54) is 6.07 Å². The Morgan fingerprint density at radius 1 is 0.857 bits per heavy atom. The average molecular weight is 396 g/mol. The molecule has 3 aromatic rings. The van der Waals surface area contributed by atoms with Crippen molar-refractivity contribution in [3.8, 4) is 11.1 Å². The summed E-state index contributed by atoms with van der Waals surface area (Å²) in [6.07, 6.45) is 0. The van der Waals surface area contributed by atoms with Gasteiger partial charge in [-0.1, -0.05) is 42.0 Å². The van der Waals surface area contributed by atoms with Gasteiger partial charge < -0.3 is 10.6 Å². The van der Waals surface area contributed by atoms with Gasteiger partial charge in [-0.3, -0.25) is 4.55 Å². The van der Waals surface area contributed by atoms with Crippen LogP contribution in [0.1, 0.15) is 11.1 Å². The van der Waals surface area contributed by atoms with Crippen LogP contribution in [-0.4, -0.2) is 19.0 Å². The minimum atomic E-state index is -4.31. The summed E-state index contributed by atoms with van der Waals surface area (Å²) >= 11 is 0. The van der Waals surface area contributed by atoms with E-state index in [0.717, 1.165) is 11.1 Å². The molecular formula is C21H20N2O4S. The zero-order chi connectivity index (χ0) is 20.3. The number of nitrogens with one attached hydrogen (secondary N) is 2. The van der Waals surface area contributed by atoms with Crippen molar-refractivity contribution in [2.24, 2.45) is 0 Å². The molecule has 144 valence electrons. The van der Waals surface area contributed by atoms with Gasteiger partial charge in [0, 0.05) is 11.4 Å². The standard InChI is InChI=1S/C21H20N2O4S/c1-14-9-11-17(12-10-14)22-21(24)23-18-6-3-5-16(13-18)19-7-4-8-20(15(19)2)28(25,26)27/h3-13H,1-2H3,(H2,22,23,24)(H,25,26,27). The Balaban J connectivity index is 1.83. The molecule has 6 nitrogen and oxygen atoms in total. The van der Waals surface area contributed by atoms with Crippen molar-refractivity contribution >= 4 is 27.5 Å². The van der Waals surface area contributed by atoms with Gasteiger partial charge in [0.15, 0.2) is 0 Å². The van der Waals surface area contributed by atoms with E-state index < -0.39 is 10.1 Å². The summed E-state index contributed by atoms with van der Waals surface area (Å²) in [4.78, 5) is 12.1. The molecule has 28 heavy (non-hydrogen) atoms. The van der Waals surface area contributed by atoms with Crippen molar-refractivity contribution in [2.75, 3.05) is 10.6 Å². The number of hydrogen-bond acceptors (Lipinski definition) is 3. The van der Waals surface area contributed by atoms with Crippen molar-refractivity contribution in [2.45, 2.75) is 18.7 Å². The minimum absolute atomic E-state index is 0.138. The van der Waals surface area contributed by atoms with Crippen LogP contribution >= 0.6 is 0 Å². The van der Waals surface area contributed by atoms with Gasteiger partial charge in [0.05, 0.1) is 4.90 Å². The zero-order valence-electron chi connectivity index (χ0n) is 15.4. The molecule has 3 aromatic carbocycles. The molecule has 0 saturated heterocycles. The third kappa shape index (κ3) is 4.57. The van der Waals surface area contributed by atoms with Crippen LogP contribution < -0.4 is 10.6 Å². The molecule has 0 saturated carbocycles. The van der Waals surface area contributed by atoms with Crippen molar-refractivity contribution in [3.63, 3.8) is 0 Å². The van der Waals surface area contributed by atoms with Gasteiger partial charge in [0.25, 0.3) is 10.1 Å². The smallest absolute Gasteiger partial charge is 0.308 e. The molecule has 0 aliphatic carbocycles. The lowest BCUT2D eigenvalue weighted by atomic mass is 10.0. The number of anilines is 2. The molecule has 0 fully saturated rings. The normalized spacial score (nSPS) is 11.1. The largest absolute Gasteiger partial charge is 0.323 e. The fraction of sp³-hybridized carbons (Fsp3) is 0.0952. The Hall–Kier alpha value is -3.16. The third-order valence-electron chi connectivity index (χ3n) is 4.30. The van der Waals surface area contributed by atoms with E-state index in [9.17, 15) is 17.8 Å². The second-order valence-electron chi connectivity index (χ2n) is 6.43. The van der Waals surface area contributed by atoms with Crippen LogP contribution in [0.25, 0.3) is 11.1 Å². The summed E-state index contributed by atoms with van der Waals surface area (Å²) in [5.41, 5.74) is 4.14. The number of aryl methyl sites for hydroxylation is 1. The highest BCUT2D eigenvalue weighted by Crippen LogP contribution is 2.29. The van der Waals surface area contributed by atoms with Gasteiger partial charge >= 0.3 is 6.03 Å². The molecule has 0 radical (unpaired) electrons. The first kappa shape index (κ1) is 19.6. The molecular weight excluding hydrogens is 376 g/mol. The predicted octanol–water partition coefficient (Wildman–Crippen LogP) is 4.86. The number of rotatable bonds is 4. The van der Waals surface area contributed by atoms with Gasteiger partial charge in [0.2, 0.25) is 0 Å². The van der Waals surface area contributed by atoms with Crippen molar-refractivity contribution in [1.29, 1.82) is 0 Å². The second kappa shape index (κ2) is 7.84. The van der Waals surface area contributed by atoms with Crippen molar-refractivity contribution < 1.29 is 17.8 Å². The van der Waals surface area contributed by atoms with Crippen molar-refractivity contribution in [3.05, 3.63) is 77.9 Å². The minimum Gasteiger partial charge on any atom is -0.308 e. The van der Waals surface area contributed by atoms with E-state index in [1.807, 2.05) is 31.2 Å². The lowest BCUT2D eigenvalue weighted by Gasteiger charge is -2.12. The molecule has 0 spiro atoms. The van der Waals surface area contributed by atoms with Crippen LogP contribution in [0.5, 0.6) is 0 Å². The van der Waals surface area contributed by atoms with Crippen molar-refractivity contribution in [1.82, 2.24) is 0 Å². The average Bonchev–Trinajstić information content (AvgIpc) is 2.63. The molecule has 0 aliphatic heterocycles. The molecule has 0 bridgehead atoms. The second-order valence-corrected chi connectivity index (χ2v) is 7.82. The van der Waals surface area contributed by atoms with Gasteiger partial charge in [-0.15, -0.1) is 0 Å². The van der Waals surface area contributed by atoms with Gasteiger partial charge in [0.1, 0.15) is 0 Å². The summed E-state index contributed by atoms with van der Waals surface area (Å²) in [5, 5.41) is 5.52. The van der Waals surface area contributed by atoms with E-state index in [1.54, 1.807) is 43.3 Å². The highest BCUT2D eigenvalue weighted by atomic mass is 32.2. The fourth-order valence-corrected chi connectivity index (χ4v) is 3.65. The Labute approximate surface area is 164 Å². The summed E-state index contributed by atoms with van der Waals surface area (Å²) < 4.78 is 32.4. The number of urea groups is 1. The Kier molecular flexibility index (Phi) is 5.48. The summed E-state index contributed by atoms with van der Waals surface area (Å²) in [6, 6.07) is 18.8. The van der Waals surface area contributed by atoms with Gasteiger partial charge in [-0.25, -0.2) is 4.79 Å². The maximum absolute atomic E-state index is 12.2. The highest BCUT2D eigenvalue weighted by Gasteiger charge is 2.16. The molecule has 0 heterocycles. The fourth-order valence-electron chi connectivity index (χ4n) is 2.90. The Bertz CT molecular complexity index is 1120. The van der Waals surface area contributed by atoms with Crippen LogP contribution in [-0.2, 0) is 10.1 Å². The number of carbonyl (C=O) groups excluding carboxylic acids is 1. The molecule has 0 unspecified atom stereocenters. The molecule has 0 atom stereocenters. The maximum Gasteiger partial charge on any atom is 0.323 e. The molecule has 3 N–H and O–H groups in total. The number of carbonyl (C=O) groups is 1. The van der Waals surface area contributed by atoms with Crippen LogP contribution in [0.3, 0.4) is 0 Å². The van der Waals surface area contributed by atoms with E-state index in [4.69, 9.17) is 0 Å². The summed E-state index contributed by atoms with van der Waals surface area (Å²) in [5.74, 6) is 0. The maximum atomic E-state index is 12.2. The first-order valence-electron chi connectivity index (χ1n) is 8.56. The monoisotopic (exact) mass is 396 g/mol. The number of benzene rings is 3. The quantitative estimate of drug-likeness (QED) is 0.549. The highest BCUT2D eigenvalue weighted by molar-refractivity contribution is 7.85. The first-order valence-corrected chi connectivity index (χ1v) is 10.0. The van der Waals surface area contributed by atoms with Crippen LogP contribution in [0, 0.1) is 13.8 Å². The van der Waals surface area contributed by atoms with Crippen LogP contribution in [0.15, 0.2) is 71.6 Å². The topological polar surface area (TPSA) is 95.5 Å². The third-order valence-corrected chi connectivity index (χ3v) is 5.30. The van der Waals surface area contributed by atoms with Crippen LogP contribution in [0.2, 0.25) is 0 Å². The van der Waals surface area contributed by atoms with Gasteiger partial charge in [-0.05, 0) is 60.9 Å². The van der Waals surface area contributed by atoms with E-state index in [0.29, 0.717) is 22.5 Å². The van der Waals surface area contributed by atoms with Gasteiger partial charge in [-0.2, -0.15) is 8.42 Å². The Morgan fingerprint density at radius 2 is 1.50 bits per heavy atom. The molecule has 0 aliphatic rings. The lowest BCUT2D eigenvalue weighted by molar-refractivity contribution is 0.262. The zero-order valence-corrected chi connectivity index (χ0v) is 16.2. The Morgan fingerprint density at radius 3 is 2.18 bits per heavy atom. The molecule has 0 aromatic heterocycles. The first-order chi connectivity index (χ1) is 13.2. The number of amides is 2. The lowest BCUT2D eigenvalue weighted by Crippen LogP contribution is -2.19.